The van der Waals surface area contributed by atoms with Crippen LogP contribution in [0.3, 0.4) is 0 Å². The zero-order valence-electron chi connectivity index (χ0n) is 16.1. The maximum atomic E-state index is 12.9. The molecule has 0 spiro atoms. The number of hydrogen-bond acceptors (Lipinski definition) is 6. The Balaban J connectivity index is 2.00. The highest BCUT2D eigenvalue weighted by molar-refractivity contribution is 5.97. The molecule has 0 aliphatic carbocycles. The summed E-state index contributed by atoms with van der Waals surface area (Å²) in [5, 5.41) is 16.1. The number of rotatable bonds is 8. The number of nitrogens with one attached hydrogen (secondary N) is 2. The fourth-order valence-electron chi connectivity index (χ4n) is 2.44. The number of likely N-dealkylation sites (N-methyl/N-ethyl adjacent to an activating group) is 1. The maximum Gasteiger partial charge on any atom is 0.271 e. The molecule has 2 amide bonds. The summed E-state index contributed by atoms with van der Waals surface area (Å²) < 4.78 is 18.0. The Morgan fingerprint density at radius 1 is 1.21 bits per heavy atom. The van der Waals surface area contributed by atoms with Crippen LogP contribution in [-0.2, 0) is 9.59 Å². The normalized spacial score (nSPS) is 11.6. The topological polar surface area (TPSA) is 114 Å². The van der Waals surface area contributed by atoms with Crippen LogP contribution in [0, 0.1) is 15.9 Å². The largest absolute Gasteiger partial charge is 0.495 e. The third-order valence-corrected chi connectivity index (χ3v) is 4.21. The van der Waals surface area contributed by atoms with Crippen LogP contribution in [-0.4, -0.2) is 48.4 Å². The van der Waals surface area contributed by atoms with Gasteiger partial charge in [-0.25, -0.2) is 4.39 Å². The minimum Gasteiger partial charge on any atom is -0.495 e. The van der Waals surface area contributed by atoms with Gasteiger partial charge in [-0.3, -0.25) is 24.6 Å². The van der Waals surface area contributed by atoms with E-state index in [1.54, 1.807) is 14.0 Å². The van der Waals surface area contributed by atoms with E-state index in [1.807, 2.05) is 0 Å². The molecule has 0 aromatic heterocycles. The average molecular weight is 404 g/mol. The number of hydrogen-bond donors (Lipinski definition) is 2. The van der Waals surface area contributed by atoms with E-state index in [4.69, 9.17) is 4.74 Å². The van der Waals surface area contributed by atoms with Crippen LogP contribution in [0.1, 0.15) is 6.92 Å². The first-order chi connectivity index (χ1) is 13.7. The second kappa shape index (κ2) is 9.60. The molecule has 0 saturated heterocycles. The second-order valence-corrected chi connectivity index (χ2v) is 6.28. The third kappa shape index (κ3) is 5.98. The van der Waals surface area contributed by atoms with E-state index >= 15 is 0 Å². The maximum absolute atomic E-state index is 12.9. The van der Waals surface area contributed by atoms with Crippen LogP contribution < -0.4 is 15.4 Å². The molecule has 0 aliphatic heterocycles. The van der Waals surface area contributed by atoms with Crippen LogP contribution in [0.15, 0.2) is 42.5 Å². The number of nitro groups is 1. The number of halogens is 1. The number of ether oxygens (including phenoxy) is 1. The number of nitro benzene ring substituents is 1. The number of benzene rings is 2. The van der Waals surface area contributed by atoms with Crippen molar-refractivity contribution in [3.8, 4) is 5.75 Å². The molecule has 2 aromatic carbocycles. The Bertz CT molecular complexity index is 904. The van der Waals surface area contributed by atoms with Gasteiger partial charge in [-0.2, -0.15) is 0 Å². The SMILES string of the molecule is COc1ccc([N+](=O)[O-])cc1NC(=O)[C@@H](C)N(C)CC(=O)Nc1ccc(F)cc1. The molecule has 0 unspecified atom stereocenters. The van der Waals surface area contributed by atoms with Crippen LogP contribution in [0.5, 0.6) is 5.75 Å². The van der Waals surface area contributed by atoms with Crippen molar-refractivity contribution in [3.63, 3.8) is 0 Å². The lowest BCUT2D eigenvalue weighted by Gasteiger charge is -2.23. The monoisotopic (exact) mass is 404 g/mol. The number of methoxy groups -OCH3 is 1. The van der Waals surface area contributed by atoms with Gasteiger partial charge in [-0.05, 0) is 44.3 Å². The van der Waals surface area contributed by atoms with Crippen LogP contribution in [0.4, 0.5) is 21.5 Å². The first-order valence-electron chi connectivity index (χ1n) is 8.60. The summed E-state index contributed by atoms with van der Waals surface area (Å²) in [5.74, 6) is -0.998. The van der Waals surface area contributed by atoms with Crippen molar-refractivity contribution in [2.75, 3.05) is 31.3 Å². The minimum atomic E-state index is -0.724. The number of nitrogens with zero attached hydrogens (tertiary/aromatic N) is 2. The van der Waals surface area contributed by atoms with Gasteiger partial charge in [0.15, 0.2) is 0 Å². The summed E-state index contributed by atoms with van der Waals surface area (Å²) in [6, 6.07) is 8.43. The summed E-state index contributed by atoms with van der Waals surface area (Å²) in [4.78, 5) is 36.5. The average Bonchev–Trinajstić information content (AvgIpc) is 2.68. The molecule has 2 aromatic rings. The number of non-ortho nitro benzene ring substituents is 1. The van der Waals surface area contributed by atoms with Crippen molar-refractivity contribution in [1.82, 2.24) is 4.90 Å². The first kappa shape index (κ1) is 21.8. The molecule has 0 bridgehead atoms. The van der Waals surface area contributed by atoms with E-state index in [-0.39, 0.29) is 29.6 Å². The smallest absolute Gasteiger partial charge is 0.271 e. The molecule has 10 heteroatoms. The van der Waals surface area contributed by atoms with Gasteiger partial charge in [0.05, 0.1) is 30.3 Å². The second-order valence-electron chi connectivity index (χ2n) is 6.28. The van der Waals surface area contributed by atoms with Gasteiger partial charge >= 0.3 is 0 Å². The Labute approximate surface area is 166 Å². The van der Waals surface area contributed by atoms with Gasteiger partial charge in [0.2, 0.25) is 11.8 Å². The Hall–Kier alpha value is -3.53. The fourth-order valence-corrected chi connectivity index (χ4v) is 2.44. The van der Waals surface area contributed by atoms with Crippen molar-refractivity contribution in [1.29, 1.82) is 0 Å². The number of anilines is 2. The fraction of sp³-hybridized carbons (Fsp3) is 0.263. The van der Waals surface area contributed by atoms with Crippen molar-refractivity contribution in [2.45, 2.75) is 13.0 Å². The number of carbonyl (C=O) groups excluding carboxylic acids is 2. The molecule has 0 radical (unpaired) electrons. The molecule has 2 N–H and O–H groups in total. The molecule has 154 valence electrons. The van der Waals surface area contributed by atoms with E-state index in [0.29, 0.717) is 5.69 Å². The van der Waals surface area contributed by atoms with Gasteiger partial charge in [0.25, 0.3) is 5.69 Å². The number of carbonyl (C=O) groups is 2. The molecule has 0 fully saturated rings. The molecule has 9 nitrogen and oxygen atoms in total. The van der Waals surface area contributed by atoms with Gasteiger partial charge in [-0.1, -0.05) is 0 Å². The first-order valence-corrected chi connectivity index (χ1v) is 8.60. The highest BCUT2D eigenvalue weighted by Crippen LogP contribution is 2.29. The van der Waals surface area contributed by atoms with E-state index in [2.05, 4.69) is 10.6 Å². The van der Waals surface area contributed by atoms with Crippen LogP contribution >= 0.6 is 0 Å². The minimum absolute atomic E-state index is 0.0992. The summed E-state index contributed by atoms with van der Waals surface area (Å²) in [7, 11) is 2.96. The van der Waals surface area contributed by atoms with Gasteiger partial charge in [-0.15, -0.1) is 0 Å². The van der Waals surface area contributed by atoms with Gasteiger partial charge in [0.1, 0.15) is 11.6 Å². The van der Waals surface area contributed by atoms with Crippen molar-refractivity contribution in [3.05, 3.63) is 58.4 Å². The van der Waals surface area contributed by atoms with Crippen molar-refractivity contribution >= 4 is 28.9 Å². The lowest BCUT2D eigenvalue weighted by molar-refractivity contribution is -0.384. The highest BCUT2D eigenvalue weighted by Gasteiger charge is 2.22. The Morgan fingerprint density at radius 2 is 1.86 bits per heavy atom. The molecule has 0 heterocycles. The Kier molecular flexibility index (Phi) is 7.21. The van der Waals surface area contributed by atoms with Crippen molar-refractivity contribution < 1.29 is 23.6 Å². The zero-order chi connectivity index (χ0) is 21.6. The van der Waals surface area contributed by atoms with E-state index in [9.17, 15) is 24.1 Å². The Morgan fingerprint density at radius 3 is 2.45 bits per heavy atom. The summed E-state index contributed by atoms with van der Waals surface area (Å²) in [6.45, 7) is 1.49. The van der Waals surface area contributed by atoms with Crippen LogP contribution in [0.2, 0.25) is 0 Å². The predicted octanol–water partition coefficient (Wildman–Crippen LogP) is 2.64. The quantitative estimate of drug-likeness (QED) is 0.516. The van der Waals surface area contributed by atoms with Gasteiger partial charge < -0.3 is 15.4 Å². The molecule has 0 saturated carbocycles. The molecule has 0 aliphatic rings. The highest BCUT2D eigenvalue weighted by atomic mass is 19.1. The lowest BCUT2D eigenvalue weighted by atomic mass is 10.2. The standard InChI is InChI=1S/C19H21FN4O5/c1-12(23(2)11-18(25)21-14-6-4-13(20)5-7-14)19(26)22-16-10-15(24(27)28)8-9-17(16)29-3/h4-10,12H,11H2,1-3H3,(H,21,25)(H,22,26)/t12-/m1/s1. The van der Waals surface area contributed by atoms with E-state index in [1.165, 1.54) is 54.5 Å². The molecular weight excluding hydrogens is 383 g/mol. The van der Waals surface area contributed by atoms with E-state index < -0.39 is 22.7 Å². The van der Waals surface area contributed by atoms with Crippen molar-refractivity contribution in [2.24, 2.45) is 0 Å². The number of amides is 2. The summed E-state index contributed by atoms with van der Waals surface area (Å²) in [5.41, 5.74) is 0.395. The molecule has 29 heavy (non-hydrogen) atoms. The third-order valence-electron chi connectivity index (χ3n) is 4.21. The molecular formula is C19H21FN4O5. The van der Waals surface area contributed by atoms with Crippen LogP contribution in [0.25, 0.3) is 0 Å². The zero-order valence-corrected chi connectivity index (χ0v) is 16.1. The van der Waals surface area contributed by atoms with E-state index in [0.717, 1.165) is 0 Å². The summed E-state index contributed by atoms with van der Waals surface area (Å²) >= 11 is 0. The van der Waals surface area contributed by atoms with Gasteiger partial charge in [0, 0.05) is 17.8 Å². The lowest BCUT2D eigenvalue weighted by Crippen LogP contribution is -2.43. The predicted molar refractivity (Wildman–Crippen MR) is 105 cm³/mol. The molecule has 1 atom stereocenters. The summed E-state index contributed by atoms with van der Waals surface area (Å²) in [6.07, 6.45) is 0. The molecule has 2 rings (SSSR count).